The van der Waals surface area contributed by atoms with Gasteiger partial charge in [-0.2, -0.15) is 0 Å². The zero-order valence-corrected chi connectivity index (χ0v) is 8.20. The molecule has 1 aliphatic heterocycles. The maximum atomic E-state index is 10.8. The second-order valence-electron chi connectivity index (χ2n) is 3.98. The average Bonchev–Trinajstić information content (AvgIpc) is 2.04. The van der Waals surface area contributed by atoms with Gasteiger partial charge >= 0.3 is 6.03 Å². The summed E-state index contributed by atoms with van der Waals surface area (Å²) in [6.07, 6.45) is 3.15. The number of nitrogens with two attached hydrogens (primary N) is 2. The predicted octanol–water partition coefficient (Wildman–Crippen LogP) is 0.514. The van der Waals surface area contributed by atoms with Gasteiger partial charge in [0.05, 0.1) is 0 Å². The van der Waals surface area contributed by atoms with Gasteiger partial charge in [-0.1, -0.05) is 0 Å². The molecule has 1 aliphatic rings. The molecule has 13 heavy (non-hydrogen) atoms. The topological polar surface area (TPSA) is 72.3 Å². The van der Waals surface area contributed by atoms with Gasteiger partial charge < -0.3 is 16.4 Å². The predicted molar refractivity (Wildman–Crippen MR) is 52.1 cm³/mol. The number of amides is 2. The molecule has 0 spiro atoms. The second kappa shape index (κ2) is 4.46. The van der Waals surface area contributed by atoms with Crippen molar-refractivity contribution in [2.24, 2.45) is 17.4 Å². The van der Waals surface area contributed by atoms with Gasteiger partial charge in [-0.3, -0.25) is 0 Å². The maximum Gasteiger partial charge on any atom is 0.314 e. The first-order valence-corrected chi connectivity index (χ1v) is 4.89. The number of likely N-dealkylation sites (tertiary alicyclic amines) is 1. The lowest BCUT2D eigenvalue weighted by Crippen LogP contribution is -2.42. The average molecular weight is 185 g/mol. The number of primary amides is 1. The third kappa shape index (κ3) is 3.22. The fourth-order valence-electron chi connectivity index (χ4n) is 1.91. The monoisotopic (exact) mass is 185 g/mol. The molecule has 1 heterocycles. The van der Waals surface area contributed by atoms with Crippen molar-refractivity contribution in [2.45, 2.75) is 32.2 Å². The summed E-state index contributed by atoms with van der Waals surface area (Å²) in [4.78, 5) is 12.5. The van der Waals surface area contributed by atoms with E-state index in [1.807, 2.05) is 6.92 Å². The Hall–Kier alpha value is -0.770. The van der Waals surface area contributed by atoms with Gasteiger partial charge in [-0.25, -0.2) is 4.79 Å². The molecule has 2 amide bonds. The van der Waals surface area contributed by atoms with Crippen molar-refractivity contribution < 1.29 is 4.79 Å². The third-order valence-electron chi connectivity index (χ3n) is 2.63. The molecule has 1 atom stereocenters. The molecular formula is C9H19N3O. The van der Waals surface area contributed by atoms with E-state index < -0.39 is 0 Å². The van der Waals surface area contributed by atoms with Gasteiger partial charge in [-0.05, 0) is 32.1 Å². The lowest BCUT2D eigenvalue weighted by molar-refractivity contribution is 0.174. The highest BCUT2D eigenvalue weighted by Gasteiger charge is 2.21. The first-order chi connectivity index (χ1) is 6.09. The first-order valence-electron chi connectivity index (χ1n) is 4.89. The van der Waals surface area contributed by atoms with E-state index >= 15 is 0 Å². The molecule has 0 aromatic rings. The van der Waals surface area contributed by atoms with Crippen LogP contribution in [0.25, 0.3) is 0 Å². The lowest BCUT2D eigenvalue weighted by atomic mass is 9.91. The standard InChI is InChI=1S/C9H19N3O/c1-7(10)6-8-2-4-12(5-3-8)9(11)13/h7-8H,2-6,10H2,1H3,(H2,11,13). The Morgan fingerprint density at radius 3 is 2.46 bits per heavy atom. The van der Waals surface area contributed by atoms with E-state index in [0.29, 0.717) is 5.92 Å². The molecule has 0 aromatic heterocycles. The van der Waals surface area contributed by atoms with Crippen molar-refractivity contribution >= 4 is 6.03 Å². The number of nitrogens with zero attached hydrogens (tertiary/aromatic N) is 1. The van der Waals surface area contributed by atoms with Gasteiger partial charge in [0.2, 0.25) is 0 Å². The van der Waals surface area contributed by atoms with E-state index in [2.05, 4.69) is 0 Å². The highest BCUT2D eigenvalue weighted by molar-refractivity contribution is 5.72. The number of hydrogen-bond acceptors (Lipinski definition) is 2. The van der Waals surface area contributed by atoms with Gasteiger partial charge in [-0.15, -0.1) is 0 Å². The molecule has 1 rings (SSSR count). The van der Waals surface area contributed by atoms with Crippen LogP contribution in [-0.4, -0.2) is 30.1 Å². The summed E-state index contributed by atoms with van der Waals surface area (Å²) in [6.45, 7) is 3.62. The summed E-state index contributed by atoms with van der Waals surface area (Å²) in [5, 5.41) is 0. The van der Waals surface area contributed by atoms with Crippen molar-refractivity contribution in [1.82, 2.24) is 4.90 Å². The summed E-state index contributed by atoms with van der Waals surface area (Å²) >= 11 is 0. The maximum absolute atomic E-state index is 10.8. The largest absolute Gasteiger partial charge is 0.351 e. The molecule has 4 heteroatoms. The van der Waals surface area contributed by atoms with Gasteiger partial charge in [0, 0.05) is 19.1 Å². The van der Waals surface area contributed by atoms with Crippen molar-refractivity contribution in [2.75, 3.05) is 13.1 Å². The van der Waals surface area contributed by atoms with Gasteiger partial charge in [0.25, 0.3) is 0 Å². The minimum atomic E-state index is -0.292. The van der Waals surface area contributed by atoms with Gasteiger partial charge in [0.1, 0.15) is 0 Å². The third-order valence-corrected chi connectivity index (χ3v) is 2.63. The molecule has 4 N–H and O–H groups in total. The van der Waals surface area contributed by atoms with Crippen LogP contribution in [0.3, 0.4) is 0 Å². The van der Waals surface area contributed by atoms with E-state index in [0.717, 1.165) is 32.4 Å². The minimum absolute atomic E-state index is 0.269. The van der Waals surface area contributed by atoms with Crippen LogP contribution in [0.2, 0.25) is 0 Å². The van der Waals surface area contributed by atoms with Crippen LogP contribution in [0.1, 0.15) is 26.2 Å². The summed E-state index contributed by atoms with van der Waals surface area (Å²) in [5.74, 6) is 0.676. The van der Waals surface area contributed by atoms with E-state index in [4.69, 9.17) is 11.5 Å². The van der Waals surface area contributed by atoms with Crippen LogP contribution >= 0.6 is 0 Å². The van der Waals surface area contributed by atoms with Crippen LogP contribution in [0, 0.1) is 5.92 Å². The highest BCUT2D eigenvalue weighted by atomic mass is 16.2. The molecule has 0 saturated carbocycles. The fraction of sp³-hybridized carbons (Fsp3) is 0.889. The summed E-state index contributed by atoms with van der Waals surface area (Å²) < 4.78 is 0. The van der Waals surface area contributed by atoms with Crippen LogP contribution in [0.5, 0.6) is 0 Å². The molecule has 0 bridgehead atoms. The quantitative estimate of drug-likeness (QED) is 0.658. The summed E-state index contributed by atoms with van der Waals surface area (Å²) in [7, 11) is 0. The number of piperidine rings is 1. The molecule has 0 aliphatic carbocycles. The summed E-state index contributed by atoms with van der Waals surface area (Å²) in [6, 6.07) is -0.0237. The highest BCUT2D eigenvalue weighted by Crippen LogP contribution is 2.20. The number of urea groups is 1. The number of rotatable bonds is 2. The molecule has 1 fully saturated rings. The number of hydrogen-bond donors (Lipinski definition) is 2. The SMILES string of the molecule is CC(N)CC1CCN(C(N)=O)CC1. The normalized spacial score (nSPS) is 21.5. The fourth-order valence-corrected chi connectivity index (χ4v) is 1.91. The Balaban J connectivity index is 2.26. The van der Waals surface area contributed by atoms with E-state index in [1.54, 1.807) is 4.90 Å². The number of carbonyl (C=O) groups excluding carboxylic acids is 1. The molecule has 1 unspecified atom stereocenters. The Morgan fingerprint density at radius 1 is 1.54 bits per heavy atom. The molecule has 76 valence electrons. The van der Waals surface area contributed by atoms with Crippen LogP contribution in [0.15, 0.2) is 0 Å². The number of carbonyl (C=O) groups is 1. The Morgan fingerprint density at radius 2 is 2.08 bits per heavy atom. The van der Waals surface area contributed by atoms with Crippen LogP contribution in [-0.2, 0) is 0 Å². The second-order valence-corrected chi connectivity index (χ2v) is 3.98. The smallest absolute Gasteiger partial charge is 0.314 e. The zero-order chi connectivity index (χ0) is 9.84. The first kappa shape index (κ1) is 10.3. The van der Waals surface area contributed by atoms with E-state index in [-0.39, 0.29) is 12.1 Å². The molecular weight excluding hydrogens is 166 g/mol. The minimum Gasteiger partial charge on any atom is -0.351 e. The van der Waals surface area contributed by atoms with Crippen molar-refractivity contribution in [1.29, 1.82) is 0 Å². The van der Waals surface area contributed by atoms with Crippen LogP contribution in [0.4, 0.5) is 4.79 Å². The van der Waals surface area contributed by atoms with Crippen molar-refractivity contribution in [3.63, 3.8) is 0 Å². The molecule has 1 saturated heterocycles. The van der Waals surface area contributed by atoms with E-state index in [1.165, 1.54) is 0 Å². The molecule has 4 nitrogen and oxygen atoms in total. The lowest BCUT2D eigenvalue weighted by Gasteiger charge is -2.31. The van der Waals surface area contributed by atoms with Crippen molar-refractivity contribution in [3.05, 3.63) is 0 Å². The Kier molecular flexibility index (Phi) is 3.54. The van der Waals surface area contributed by atoms with Gasteiger partial charge in [0.15, 0.2) is 0 Å². The Bertz CT molecular complexity index is 174. The summed E-state index contributed by atoms with van der Waals surface area (Å²) in [5.41, 5.74) is 10.9. The Labute approximate surface area is 79.3 Å². The van der Waals surface area contributed by atoms with Crippen LogP contribution < -0.4 is 11.5 Å². The van der Waals surface area contributed by atoms with E-state index in [9.17, 15) is 4.79 Å². The zero-order valence-electron chi connectivity index (χ0n) is 8.20. The molecule has 0 aromatic carbocycles. The molecule has 0 radical (unpaired) electrons. The van der Waals surface area contributed by atoms with Crippen molar-refractivity contribution in [3.8, 4) is 0 Å².